The average molecular weight is 480 g/mol. The Morgan fingerprint density at radius 3 is 2.15 bits per heavy atom. The summed E-state index contributed by atoms with van der Waals surface area (Å²) in [7, 11) is 0. The maximum Gasteiger partial charge on any atom is 0.407 e. The quantitative estimate of drug-likeness (QED) is 0.302. The number of pyridine rings is 1. The fourth-order valence-electron chi connectivity index (χ4n) is 2.88. The number of amides is 2. The Kier molecular flexibility index (Phi) is 11.1. The van der Waals surface area contributed by atoms with Crippen LogP contribution in [0.2, 0.25) is 0 Å². The molecule has 0 fully saturated rings. The third kappa shape index (κ3) is 11.5. The first-order valence-electron chi connectivity index (χ1n) is 11.1. The number of thioether (sulfide) groups is 1. The van der Waals surface area contributed by atoms with Gasteiger partial charge in [0.25, 0.3) is 0 Å². The molecule has 1 atom stereocenters. The Morgan fingerprint density at radius 2 is 1.62 bits per heavy atom. The van der Waals surface area contributed by atoms with E-state index in [1.807, 2.05) is 88.4 Å². The topological polar surface area (TPSA) is 80.3 Å². The van der Waals surface area contributed by atoms with Crippen molar-refractivity contribution in [3.8, 4) is 0 Å². The van der Waals surface area contributed by atoms with Crippen LogP contribution in [0.3, 0.4) is 0 Å². The number of hydrogen-bond acceptors (Lipinski definition) is 5. The minimum atomic E-state index is -0.448. The predicted octanol–water partition coefficient (Wildman–Crippen LogP) is 6.08. The van der Waals surface area contributed by atoms with Crippen LogP contribution in [0.15, 0.2) is 84.0 Å². The summed E-state index contributed by atoms with van der Waals surface area (Å²) in [5.41, 5.74) is 2.74. The number of alkyl carbamates (subject to hydrolysis) is 1. The highest BCUT2D eigenvalue weighted by atomic mass is 32.2. The van der Waals surface area contributed by atoms with Gasteiger partial charge in [0.1, 0.15) is 5.60 Å². The summed E-state index contributed by atoms with van der Waals surface area (Å²) < 4.78 is 5.20. The number of nitrogens with zero attached hydrogens (tertiary/aromatic N) is 1. The fraction of sp³-hybridized carbons (Fsp3) is 0.296. The van der Waals surface area contributed by atoms with Crippen LogP contribution in [0.25, 0.3) is 0 Å². The predicted molar refractivity (Wildman–Crippen MR) is 139 cm³/mol. The van der Waals surface area contributed by atoms with E-state index in [1.54, 1.807) is 18.0 Å². The Hall–Kier alpha value is -3.32. The largest absolute Gasteiger partial charge is 0.444 e. The van der Waals surface area contributed by atoms with Crippen LogP contribution in [0.5, 0.6) is 0 Å². The van der Waals surface area contributed by atoms with Crippen molar-refractivity contribution < 1.29 is 14.3 Å². The second kappa shape index (κ2) is 14.1. The Balaban J connectivity index is 0.000000240. The normalized spacial score (nSPS) is 11.4. The number of carbonyl (C=O) groups excluding carboxylic acids is 2. The van der Waals surface area contributed by atoms with Crippen LogP contribution in [0.4, 0.5) is 10.5 Å². The number of aromatic nitrogens is 1. The van der Waals surface area contributed by atoms with Gasteiger partial charge in [-0.2, -0.15) is 0 Å². The van der Waals surface area contributed by atoms with Crippen LogP contribution in [-0.2, 0) is 21.7 Å². The van der Waals surface area contributed by atoms with Gasteiger partial charge in [-0.1, -0.05) is 60.7 Å². The molecule has 3 aromatic rings. The standard InChI is InChI=1S/C14H21NO2.C13H12N2OS/c1-11(10-12-8-6-5-7-9-12)15-13(16)17-14(2,3)4;16-10-15-12-6-7-13(14-8-12)17-9-11-4-2-1-3-5-11/h5-9,11H,10H2,1-4H3,(H,15,16);1-8,10H,9H2,(H,15,16). The molecule has 0 saturated heterocycles. The molecule has 180 valence electrons. The van der Waals surface area contributed by atoms with Crippen LogP contribution in [-0.4, -0.2) is 29.1 Å². The van der Waals surface area contributed by atoms with Gasteiger partial charge in [-0.05, 0) is 57.4 Å². The van der Waals surface area contributed by atoms with Gasteiger partial charge < -0.3 is 15.4 Å². The smallest absolute Gasteiger partial charge is 0.407 e. The number of carbonyl (C=O) groups is 2. The Morgan fingerprint density at radius 1 is 1.00 bits per heavy atom. The van der Waals surface area contributed by atoms with Crippen molar-refractivity contribution in [2.75, 3.05) is 5.32 Å². The van der Waals surface area contributed by atoms with Gasteiger partial charge in [0.2, 0.25) is 6.41 Å². The van der Waals surface area contributed by atoms with E-state index < -0.39 is 5.60 Å². The highest BCUT2D eigenvalue weighted by Gasteiger charge is 2.17. The summed E-state index contributed by atoms with van der Waals surface area (Å²) in [6.45, 7) is 7.54. The zero-order valence-corrected chi connectivity index (χ0v) is 21.0. The minimum Gasteiger partial charge on any atom is -0.444 e. The zero-order chi connectivity index (χ0) is 24.8. The first kappa shape index (κ1) is 26.9. The molecule has 2 N–H and O–H groups in total. The summed E-state index contributed by atoms with van der Waals surface area (Å²) in [5, 5.41) is 6.33. The maximum absolute atomic E-state index is 11.5. The Bertz CT molecular complexity index is 991. The fourth-order valence-corrected chi connectivity index (χ4v) is 3.68. The summed E-state index contributed by atoms with van der Waals surface area (Å²) in [6.07, 6.45) is 2.75. The lowest BCUT2D eigenvalue weighted by Crippen LogP contribution is -2.38. The number of benzene rings is 2. The van der Waals surface area contributed by atoms with E-state index in [9.17, 15) is 9.59 Å². The van der Waals surface area contributed by atoms with Crippen LogP contribution < -0.4 is 10.6 Å². The third-order valence-electron chi connectivity index (χ3n) is 4.34. The van der Waals surface area contributed by atoms with E-state index in [-0.39, 0.29) is 12.1 Å². The van der Waals surface area contributed by atoms with E-state index in [1.165, 1.54) is 11.1 Å². The van der Waals surface area contributed by atoms with Crippen molar-refractivity contribution in [3.05, 3.63) is 90.1 Å². The SMILES string of the molecule is CC(Cc1ccccc1)NC(=O)OC(C)(C)C.O=CNc1ccc(SCc2ccccc2)nc1. The molecule has 0 aliphatic carbocycles. The molecule has 0 bridgehead atoms. The molecule has 34 heavy (non-hydrogen) atoms. The van der Waals surface area contributed by atoms with E-state index >= 15 is 0 Å². The molecule has 6 nitrogen and oxygen atoms in total. The molecular weight excluding hydrogens is 446 g/mol. The van der Waals surface area contributed by atoms with E-state index in [4.69, 9.17) is 4.74 Å². The van der Waals surface area contributed by atoms with Crippen LogP contribution in [0, 0.1) is 0 Å². The maximum atomic E-state index is 11.5. The van der Waals surface area contributed by atoms with E-state index in [0.29, 0.717) is 12.1 Å². The lowest BCUT2D eigenvalue weighted by atomic mass is 10.1. The highest BCUT2D eigenvalue weighted by molar-refractivity contribution is 7.98. The number of anilines is 1. The molecule has 0 aliphatic rings. The van der Waals surface area contributed by atoms with E-state index in [0.717, 1.165) is 17.2 Å². The van der Waals surface area contributed by atoms with Crippen molar-refractivity contribution in [1.82, 2.24) is 10.3 Å². The molecule has 0 aliphatic heterocycles. The summed E-state index contributed by atoms with van der Waals surface area (Å²) in [4.78, 5) is 26.0. The van der Waals surface area contributed by atoms with Crippen molar-refractivity contribution in [1.29, 1.82) is 0 Å². The molecule has 3 rings (SSSR count). The summed E-state index contributed by atoms with van der Waals surface area (Å²) in [5.74, 6) is 0.897. The molecule has 1 unspecified atom stereocenters. The van der Waals surface area contributed by atoms with Gasteiger partial charge in [-0.15, -0.1) is 11.8 Å². The molecule has 1 heterocycles. The summed E-state index contributed by atoms with van der Waals surface area (Å²) in [6, 6.07) is 24.1. The molecule has 1 aromatic heterocycles. The molecule has 0 spiro atoms. The van der Waals surface area contributed by atoms with Crippen molar-refractivity contribution >= 4 is 30.0 Å². The lowest BCUT2D eigenvalue weighted by molar-refractivity contribution is -0.105. The van der Waals surface area contributed by atoms with Gasteiger partial charge in [0, 0.05) is 11.8 Å². The Labute approximate surface area is 206 Å². The van der Waals surface area contributed by atoms with Gasteiger partial charge in [0.05, 0.1) is 16.9 Å². The molecular formula is C27H33N3O3S. The number of rotatable bonds is 8. The van der Waals surface area contributed by atoms with Gasteiger partial charge in [-0.3, -0.25) is 4.79 Å². The first-order chi connectivity index (χ1) is 16.2. The van der Waals surface area contributed by atoms with E-state index in [2.05, 4.69) is 27.8 Å². The zero-order valence-electron chi connectivity index (χ0n) is 20.2. The number of ether oxygens (including phenoxy) is 1. The van der Waals surface area contributed by atoms with Gasteiger partial charge >= 0.3 is 6.09 Å². The van der Waals surface area contributed by atoms with Gasteiger partial charge in [0.15, 0.2) is 0 Å². The molecule has 0 radical (unpaired) electrons. The molecule has 0 saturated carbocycles. The monoisotopic (exact) mass is 479 g/mol. The second-order valence-electron chi connectivity index (χ2n) is 8.66. The van der Waals surface area contributed by atoms with Crippen LogP contribution in [0.1, 0.15) is 38.8 Å². The second-order valence-corrected chi connectivity index (χ2v) is 9.65. The lowest BCUT2D eigenvalue weighted by Gasteiger charge is -2.22. The van der Waals surface area contributed by atoms with Gasteiger partial charge in [-0.25, -0.2) is 9.78 Å². The van der Waals surface area contributed by atoms with Crippen molar-refractivity contribution in [2.45, 2.75) is 56.5 Å². The average Bonchev–Trinajstić information content (AvgIpc) is 2.79. The third-order valence-corrected chi connectivity index (χ3v) is 5.35. The molecule has 2 aromatic carbocycles. The minimum absolute atomic E-state index is 0.0623. The van der Waals surface area contributed by atoms with Crippen LogP contribution >= 0.6 is 11.8 Å². The summed E-state index contributed by atoms with van der Waals surface area (Å²) >= 11 is 1.67. The molecule has 7 heteroatoms. The number of hydrogen-bond donors (Lipinski definition) is 2. The molecule has 2 amide bonds. The first-order valence-corrected chi connectivity index (χ1v) is 12.1. The highest BCUT2D eigenvalue weighted by Crippen LogP contribution is 2.21. The van der Waals surface area contributed by atoms with Crippen molar-refractivity contribution in [3.63, 3.8) is 0 Å². The van der Waals surface area contributed by atoms with Crippen molar-refractivity contribution in [2.24, 2.45) is 0 Å². The number of nitrogens with one attached hydrogen (secondary N) is 2.